The molecule has 0 spiro atoms. The number of aryl methyl sites for hydroxylation is 1. The van der Waals surface area contributed by atoms with Gasteiger partial charge in [0.15, 0.2) is 0 Å². The van der Waals surface area contributed by atoms with Crippen LogP contribution in [0.25, 0.3) is 11.1 Å². The number of carbonyl (C=O) groups is 2. The molecule has 2 heterocycles. The Morgan fingerprint density at radius 1 is 1.24 bits per heavy atom. The summed E-state index contributed by atoms with van der Waals surface area (Å²) in [5.41, 5.74) is 1.02. The van der Waals surface area contributed by atoms with E-state index in [-0.39, 0.29) is 12.1 Å². The fourth-order valence-electron chi connectivity index (χ4n) is 3.69. The van der Waals surface area contributed by atoms with E-state index in [1.54, 1.807) is 26.2 Å². The standard InChI is InChI=1S/C22H18ClF3N4O3/c1-11-19(12-3-6-14(33-2)7-4-12)20-28-21(32)17(30(20)29-11)10-18(31)27-13-5-8-16(23)15(9-13)22(24,25)26/h3-9,17H,10H2,1-2H3,(H,27,31)(H,28,32). The fourth-order valence-corrected chi connectivity index (χ4v) is 3.92. The summed E-state index contributed by atoms with van der Waals surface area (Å²) in [5.74, 6) is 0.0492. The second-order valence-corrected chi connectivity index (χ2v) is 7.84. The number of benzene rings is 2. The second kappa shape index (κ2) is 8.43. The molecule has 1 aliphatic heterocycles. The van der Waals surface area contributed by atoms with Gasteiger partial charge in [0.1, 0.15) is 17.6 Å². The third-order valence-corrected chi connectivity index (χ3v) is 5.57. The maximum atomic E-state index is 13.1. The maximum absolute atomic E-state index is 13.1. The zero-order valence-corrected chi connectivity index (χ0v) is 18.2. The van der Waals surface area contributed by atoms with Crippen molar-refractivity contribution in [3.63, 3.8) is 0 Å². The van der Waals surface area contributed by atoms with Gasteiger partial charge >= 0.3 is 6.18 Å². The number of carbonyl (C=O) groups excluding carboxylic acids is 2. The van der Waals surface area contributed by atoms with E-state index in [0.717, 1.165) is 17.7 Å². The van der Waals surface area contributed by atoms with Gasteiger partial charge in [-0.1, -0.05) is 23.7 Å². The van der Waals surface area contributed by atoms with Crippen LogP contribution in [0.15, 0.2) is 42.5 Å². The van der Waals surface area contributed by atoms with Crippen LogP contribution in [0.3, 0.4) is 0 Å². The smallest absolute Gasteiger partial charge is 0.417 e. The SMILES string of the molecule is COc1ccc(-c2c(C)nn3c2NC(=O)C3CC(=O)Nc2ccc(Cl)c(C(F)(F)F)c2)cc1. The minimum atomic E-state index is -4.66. The first-order valence-corrected chi connectivity index (χ1v) is 10.2. The molecule has 1 aliphatic rings. The number of nitrogens with one attached hydrogen (secondary N) is 2. The number of hydrogen-bond acceptors (Lipinski definition) is 4. The molecule has 2 aromatic carbocycles. The van der Waals surface area contributed by atoms with Gasteiger partial charge in [-0.05, 0) is 42.8 Å². The van der Waals surface area contributed by atoms with Crippen molar-refractivity contribution in [3.8, 4) is 16.9 Å². The molecule has 7 nitrogen and oxygen atoms in total. The lowest BCUT2D eigenvalue weighted by Gasteiger charge is -2.13. The average molecular weight is 479 g/mol. The summed E-state index contributed by atoms with van der Waals surface area (Å²) in [7, 11) is 1.56. The Balaban J connectivity index is 1.55. The van der Waals surface area contributed by atoms with Crippen LogP contribution in [0.1, 0.15) is 23.7 Å². The first-order chi connectivity index (χ1) is 15.6. The van der Waals surface area contributed by atoms with Crippen molar-refractivity contribution in [1.82, 2.24) is 9.78 Å². The zero-order chi connectivity index (χ0) is 23.9. The van der Waals surface area contributed by atoms with E-state index < -0.39 is 34.6 Å². The molecule has 33 heavy (non-hydrogen) atoms. The zero-order valence-electron chi connectivity index (χ0n) is 17.5. The van der Waals surface area contributed by atoms with Gasteiger partial charge in [-0.15, -0.1) is 0 Å². The highest BCUT2D eigenvalue weighted by molar-refractivity contribution is 6.31. The van der Waals surface area contributed by atoms with Crippen LogP contribution in [-0.2, 0) is 15.8 Å². The van der Waals surface area contributed by atoms with E-state index in [1.807, 2.05) is 12.1 Å². The van der Waals surface area contributed by atoms with Gasteiger partial charge in [0.2, 0.25) is 5.91 Å². The highest BCUT2D eigenvalue weighted by Gasteiger charge is 2.37. The second-order valence-electron chi connectivity index (χ2n) is 7.43. The number of nitrogens with zero attached hydrogens (tertiary/aromatic N) is 2. The van der Waals surface area contributed by atoms with Gasteiger partial charge < -0.3 is 15.4 Å². The lowest BCUT2D eigenvalue weighted by Crippen LogP contribution is -2.24. The van der Waals surface area contributed by atoms with Crippen molar-refractivity contribution in [2.45, 2.75) is 25.6 Å². The molecular weight excluding hydrogens is 461 g/mol. The van der Waals surface area contributed by atoms with Gasteiger partial charge in [0, 0.05) is 11.3 Å². The monoisotopic (exact) mass is 478 g/mol. The predicted molar refractivity (Wildman–Crippen MR) is 116 cm³/mol. The number of aromatic nitrogens is 2. The molecule has 2 N–H and O–H groups in total. The van der Waals surface area contributed by atoms with Gasteiger partial charge in [0.05, 0.1) is 29.8 Å². The Labute approximate surface area is 191 Å². The highest BCUT2D eigenvalue weighted by Crippen LogP contribution is 2.39. The van der Waals surface area contributed by atoms with Crippen LogP contribution in [-0.4, -0.2) is 28.7 Å². The Morgan fingerprint density at radius 2 is 1.94 bits per heavy atom. The van der Waals surface area contributed by atoms with Crippen LogP contribution < -0.4 is 15.4 Å². The van der Waals surface area contributed by atoms with Gasteiger partial charge in [-0.25, -0.2) is 4.68 Å². The number of hydrogen-bond donors (Lipinski definition) is 2. The van der Waals surface area contributed by atoms with Gasteiger partial charge in [-0.2, -0.15) is 18.3 Å². The summed E-state index contributed by atoms with van der Waals surface area (Å²) in [6.07, 6.45) is -4.98. The topological polar surface area (TPSA) is 85.2 Å². The Kier molecular flexibility index (Phi) is 5.79. The third-order valence-electron chi connectivity index (χ3n) is 5.24. The number of anilines is 2. The molecule has 172 valence electrons. The predicted octanol–water partition coefficient (Wildman–Crippen LogP) is 5.06. The Hall–Kier alpha value is -3.53. The highest BCUT2D eigenvalue weighted by atomic mass is 35.5. The quantitative estimate of drug-likeness (QED) is 0.536. The minimum absolute atomic E-state index is 0.0779. The lowest BCUT2D eigenvalue weighted by atomic mass is 10.1. The summed E-state index contributed by atoms with van der Waals surface area (Å²) < 4.78 is 45.8. The van der Waals surface area contributed by atoms with Crippen molar-refractivity contribution in [2.75, 3.05) is 17.7 Å². The van der Waals surface area contributed by atoms with Crippen LogP contribution in [0.5, 0.6) is 5.75 Å². The molecule has 0 saturated heterocycles. The molecule has 0 saturated carbocycles. The number of amides is 2. The number of halogens is 4. The van der Waals surface area contributed by atoms with E-state index >= 15 is 0 Å². The van der Waals surface area contributed by atoms with Crippen molar-refractivity contribution < 1.29 is 27.5 Å². The van der Waals surface area contributed by atoms with E-state index in [9.17, 15) is 22.8 Å². The third kappa shape index (κ3) is 4.38. The lowest BCUT2D eigenvalue weighted by molar-refractivity contribution is -0.137. The molecule has 1 atom stereocenters. The van der Waals surface area contributed by atoms with Crippen molar-refractivity contribution in [2.24, 2.45) is 0 Å². The molecule has 0 radical (unpaired) electrons. The molecule has 0 aliphatic carbocycles. The number of ether oxygens (including phenoxy) is 1. The molecule has 2 amide bonds. The molecule has 3 aromatic rings. The number of rotatable bonds is 5. The number of methoxy groups -OCH3 is 1. The molecular formula is C22H18ClF3N4O3. The van der Waals surface area contributed by atoms with Crippen LogP contribution in [0.2, 0.25) is 5.02 Å². The molecule has 1 aromatic heterocycles. The summed E-state index contributed by atoms with van der Waals surface area (Å²) >= 11 is 5.61. The van der Waals surface area contributed by atoms with Crippen molar-refractivity contribution in [1.29, 1.82) is 0 Å². The molecule has 11 heteroatoms. The molecule has 1 unspecified atom stereocenters. The van der Waals surface area contributed by atoms with Crippen molar-refractivity contribution in [3.05, 3.63) is 58.7 Å². The Bertz CT molecular complexity index is 1240. The summed E-state index contributed by atoms with van der Waals surface area (Å²) in [6.45, 7) is 1.78. The number of fused-ring (bicyclic) bond motifs is 1. The van der Waals surface area contributed by atoms with Crippen LogP contribution >= 0.6 is 11.6 Å². The van der Waals surface area contributed by atoms with E-state index in [1.165, 1.54) is 10.7 Å². The van der Waals surface area contributed by atoms with Crippen molar-refractivity contribution >= 4 is 34.9 Å². The van der Waals surface area contributed by atoms with Gasteiger partial charge in [-0.3, -0.25) is 9.59 Å². The minimum Gasteiger partial charge on any atom is -0.497 e. The Morgan fingerprint density at radius 3 is 2.58 bits per heavy atom. The average Bonchev–Trinajstić information content (AvgIpc) is 3.22. The largest absolute Gasteiger partial charge is 0.497 e. The molecule has 0 fully saturated rings. The van der Waals surface area contributed by atoms with Gasteiger partial charge in [0.25, 0.3) is 5.91 Å². The maximum Gasteiger partial charge on any atom is 0.417 e. The fraction of sp³-hybridized carbons (Fsp3) is 0.227. The summed E-state index contributed by atoms with van der Waals surface area (Å²) in [5, 5.41) is 9.09. The van der Waals surface area contributed by atoms with E-state index in [0.29, 0.717) is 22.8 Å². The molecule has 0 bridgehead atoms. The van der Waals surface area contributed by atoms with Crippen LogP contribution in [0.4, 0.5) is 24.7 Å². The first-order valence-electron chi connectivity index (χ1n) is 9.79. The van der Waals surface area contributed by atoms with Crippen LogP contribution in [0, 0.1) is 6.92 Å². The normalized spacial score (nSPS) is 15.2. The first kappa shape index (κ1) is 22.7. The van der Waals surface area contributed by atoms with E-state index in [2.05, 4.69) is 15.7 Å². The summed E-state index contributed by atoms with van der Waals surface area (Å²) in [6, 6.07) is 9.33. The summed E-state index contributed by atoms with van der Waals surface area (Å²) in [4.78, 5) is 25.1. The molecule has 4 rings (SSSR count). The van der Waals surface area contributed by atoms with E-state index in [4.69, 9.17) is 16.3 Å². The number of alkyl halides is 3.